The summed E-state index contributed by atoms with van der Waals surface area (Å²) < 4.78 is 33.0. The second kappa shape index (κ2) is 14.7. The summed E-state index contributed by atoms with van der Waals surface area (Å²) in [6.45, 7) is 6.02. The van der Waals surface area contributed by atoms with Gasteiger partial charge in [-0.1, -0.05) is 70.5 Å². The highest BCUT2D eigenvalue weighted by Gasteiger charge is 2.32. The molecule has 0 spiro atoms. The number of hydrogen-bond acceptors (Lipinski definition) is 5. The minimum absolute atomic E-state index is 0.0474. The summed E-state index contributed by atoms with van der Waals surface area (Å²) in [6.07, 6.45) is 1.76. The van der Waals surface area contributed by atoms with Crippen LogP contribution in [0.5, 0.6) is 5.75 Å². The van der Waals surface area contributed by atoms with Crippen LogP contribution in [-0.4, -0.2) is 56.6 Å². The molecule has 10 heteroatoms. The van der Waals surface area contributed by atoms with Crippen molar-refractivity contribution in [1.82, 2.24) is 10.2 Å². The molecule has 0 aromatic heterocycles. The molecule has 1 N–H and O–H groups in total. The number of carbonyl (C=O) groups is 2. The fourth-order valence-corrected chi connectivity index (χ4v) is 5.84. The van der Waals surface area contributed by atoms with Crippen LogP contribution in [0.25, 0.3) is 0 Å². The number of benzene rings is 3. The summed E-state index contributed by atoms with van der Waals surface area (Å²) in [4.78, 5) is 29.3. The first-order valence-electron chi connectivity index (χ1n) is 13.8. The Morgan fingerprint density at radius 2 is 1.55 bits per heavy atom. The van der Waals surface area contributed by atoms with Crippen molar-refractivity contribution >= 4 is 43.5 Å². The van der Waals surface area contributed by atoms with E-state index in [2.05, 4.69) is 21.2 Å². The Kier molecular flexibility index (Phi) is 11.6. The summed E-state index contributed by atoms with van der Waals surface area (Å²) in [5.74, 6) is -0.0621. The number of para-hydroxylation sites is 2. The predicted molar refractivity (Wildman–Crippen MR) is 171 cm³/mol. The molecule has 0 bridgehead atoms. The van der Waals surface area contributed by atoms with Crippen LogP contribution in [0.15, 0.2) is 83.3 Å². The molecule has 2 amide bonds. The number of halogens is 1. The average Bonchev–Trinajstić information content (AvgIpc) is 2.93. The molecule has 0 aliphatic heterocycles. The normalized spacial score (nSPS) is 12.3. The molecule has 0 radical (unpaired) electrons. The van der Waals surface area contributed by atoms with Gasteiger partial charge in [-0.25, -0.2) is 8.42 Å². The molecular weight excluding hydrogens is 618 g/mol. The van der Waals surface area contributed by atoms with Gasteiger partial charge in [-0.15, -0.1) is 0 Å². The number of hydrogen-bond donors (Lipinski definition) is 1. The Balaban J connectivity index is 1.91. The molecule has 0 aliphatic rings. The van der Waals surface area contributed by atoms with Crippen LogP contribution < -0.4 is 14.4 Å². The molecule has 42 heavy (non-hydrogen) atoms. The van der Waals surface area contributed by atoms with E-state index in [1.165, 1.54) is 11.4 Å². The van der Waals surface area contributed by atoms with Crippen LogP contribution in [-0.2, 0) is 32.6 Å². The van der Waals surface area contributed by atoms with E-state index in [9.17, 15) is 18.0 Å². The first-order valence-corrected chi connectivity index (χ1v) is 16.4. The van der Waals surface area contributed by atoms with E-state index in [0.29, 0.717) is 17.9 Å². The standard InChI is InChI=1S/C32H40BrN3O5S/c1-32(2,3)34-31(38)28(22-24-12-7-6-8-13-24)35(23-25-17-19-26(33)20-18-25)30(37)16-11-21-36(42(5,39)40)27-14-9-10-15-29(27)41-4/h6-10,12-15,17-20,28H,11,16,21-23H2,1-5H3,(H,34,38)/t28-/m1/s1. The first-order chi connectivity index (χ1) is 19.8. The third-order valence-electron chi connectivity index (χ3n) is 6.54. The number of sulfonamides is 1. The number of nitrogens with zero attached hydrogens (tertiary/aromatic N) is 2. The van der Waals surface area contributed by atoms with Gasteiger partial charge in [-0.2, -0.15) is 0 Å². The highest BCUT2D eigenvalue weighted by molar-refractivity contribution is 9.10. The maximum Gasteiger partial charge on any atom is 0.243 e. The van der Waals surface area contributed by atoms with Crippen LogP contribution in [0.2, 0.25) is 0 Å². The summed E-state index contributed by atoms with van der Waals surface area (Å²) in [7, 11) is -2.17. The summed E-state index contributed by atoms with van der Waals surface area (Å²) in [6, 6.07) is 23.3. The van der Waals surface area contributed by atoms with Gasteiger partial charge in [0.15, 0.2) is 0 Å². The zero-order valence-corrected chi connectivity index (χ0v) is 27.2. The summed E-state index contributed by atoms with van der Waals surface area (Å²) in [5.41, 5.74) is 1.72. The lowest BCUT2D eigenvalue weighted by atomic mass is 10.00. The SMILES string of the molecule is COc1ccccc1N(CCCC(=O)N(Cc1ccc(Br)cc1)[C@H](Cc1ccccc1)C(=O)NC(C)(C)C)S(C)(=O)=O. The maximum atomic E-state index is 14.0. The van der Waals surface area contributed by atoms with Crippen LogP contribution in [0, 0.1) is 0 Å². The Labute approximate surface area is 258 Å². The van der Waals surface area contributed by atoms with E-state index >= 15 is 0 Å². The van der Waals surface area contributed by atoms with E-state index in [4.69, 9.17) is 4.74 Å². The zero-order valence-electron chi connectivity index (χ0n) is 24.8. The van der Waals surface area contributed by atoms with Gasteiger partial charge in [0.25, 0.3) is 0 Å². The van der Waals surface area contributed by atoms with Crippen molar-refractivity contribution in [3.05, 3.63) is 94.5 Å². The molecule has 0 unspecified atom stereocenters. The largest absolute Gasteiger partial charge is 0.495 e. The number of anilines is 1. The minimum atomic E-state index is -3.65. The number of carbonyl (C=O) groups excluding carboxylic acids is 2. The van der Waals surface area contributed by atoms with Gasteiger partial charge in [0.1, 0.15) is 11.8 Å². The van der Waals surface area contributed by atoms with Gasteiger partial charge < -0.3 is 15.0 Å². The Hall–Kier alpha value is -3.37. The van der Waals surface area contributed by atoms with E-state index in [0.717, 1.165) is 21.9 Å². The molecule has 3 aromatic carbocycles. The molecule has 1 atom stereocenters. The molecular formula is C32H40BrN3O5S. The number of nitrogens with one attached hydrogen (secondary N) is 1. The van der Waals surface area contributed by atoms with Crippen LogP contribution in [0.3, 0.4) is 0 Å². The molecule has 0 heterocycles. The van der Waals surface area contributed by atoms with Crippen molar-refractivity contribution in [2.75, 3.05) is 24.2 Å². The van der Waals surface area contributed by atoms with Gasteiger partial charge in [-0.05, 0) is 62.6 Å². The number of ether oxygens (including phenoxy) is 1. The monoisotopic (exact) mass is 657 g/mol. The molecule has 0 aliphatic carbocycles. The lowest BCUT2D eigenvalue weighted by Gasteiger charge is -2.34. The third-order valence-corrected chi connectivity index (χ3v) is 8.25. The van der Waals surface area contributed by atoms with E-state index in [1.807, 2.05) is 75.4 Å². The smallest absolute Gasteiger partial charge is 0.243 e. The fourth-order valence-electron chi connectivity index (χ4n) is 4.61. The highest BCUT2D eigenvalue weighted by Crippen LogP contribution is 2.30. The second-order valence-electron chi connectivity index (χ2n) is 11.2. The summed E-state index contributed by atoms with van der Waals surface area (Å²) in [5, 5.41) is 3.06. The van der Waals surface area contributed by atoms with Gasteiger partial charge in [-0.3, -0.25) is 13.9 Å². The van der Waals surface area contributed by atoms with E-state index in [-0.39, 0.29) is 37.7 Å². The fraction of sp³-hybridized carbons (Fsp3) is 0.375. The van der Waals surface area contributed by atoms with Gasteiger partial charge >= 0.3 is 0 Å². The summed E-state index contributed by atoms with van der Waals surface area (Å²) >= 11 is 3.46. The molecule has 0 fully saturated rings. The van der Waals surface area contributed by atoms with Crippen LogP contribution in [0.4, 0.5) is 5.69 Å². The molecule has 226 valence electrons. The quantitative estimate of drug-likeness (QED) is 0.260. The molecule has 3 rings (SSSR count). The topological polar surface area (TPSA) is 96.0 Å². The van der Waals surface area contributed by atoms with Crippen molar-refractivity contribution in [3.8, 4) is 5.75 Å². The number of rotatable bonds is 13. The van der Waals surface area contributed by atoms with Crippen molar-refractivity contribution in [2.45, 2.75) is 58.2 Å². The maximum absolute atomic E-state index is 14.0. The zero-order chi connectivity index (χ0) is 30.9. The Bertz CT molecular complexity index is 1440. The minimum Gasteiger partial charge on any atom is -0.495 e. The third kappa shape index (κ3) is 9.87. The molecule has 0 saturated carbocycles. The molecule has 3 aromatic rings. The highest BCUT2D eigenvalue weighted by atomic mass is 79.9. The van der Waals surface area contributed by atoms with Gasteiger partial charge in [0, 0.05) is 35.9 Å². The Morgan fingerprint density at radius 1 is 0.929 bits per heavy atom. The second-order valence-corrected chi connectivity index (χ2v) is 14.0. The van der Waals surface area contributed by atoms with Crippen molar-refractivity contribution in [2.24, 2.45) is 0 Å². The van der Waals surface area contributed by atoms with Crippen molar-refractivity contribution < 1.29 is 22.7 Å². The lowest BCUT2D eigenvalue weighted by Crippen LogP contribution is -2.54. The van der Waals surface area contributed by atoms with Gasteiger partial charge in [0.05, 0.1) is 19.1 Å². The van der Waals surface area contributed by atoms with Crippen LogP contribution >= 0.6 is 15.9 Å². The Morgan fingerprint density at radius 3 is 2.14 bits per heavy atom. The lowest BCUT2D eigenvalue weighted by molar-refractivity contribution is -0.142. The first kappa shape index (κ1) is 33.1. The number of amides is 2. The molecule has 8 nitrogen and oxygen atoms in total. The van der Waals surface area contributed by atoms with E-state index < -0.39 is 21.6 Å². The van der Waals surface area contributed by atoms with Crippen molar-refractivity contribution in [1.29, 1.82) is 0 Å². The van der Waals surface area contributed by atoms with Crippen molar-refractivity contribution in [3.63, 3.8) is 0 Å². The average molecular weight is 659 g/mol. The van der Waals surface area contributed by atoms with Gasteiger partial charge in [0.2, 0.25) is 21.8 Å². The van der Waals surface area contributed by atoms with E-state index in [1.54, 1.807) is 29.2 Å². The number of methoxy groups -OCH3 is 1. The molecule has 0 saturated heterocycles. The predicted octanol–water partition coefficient (Wildman–Crippen LogP) is 5.56. The van der Waals surface area contributed by atoms with Crippen LogP contribution in [0.1, 0.15) is 44.7 Å².